The lowest BCUT2D eigenvalue weighted by molar-refractivity contribution is 0.0111. The number of aromatic nitrogens is 1. The number of carbonyl (C=O) groups is 3. The summed E-state index contributed by atoms with van der Waals surface area (Å²) in [5.74, 6) is -0.0920. The van der Waals surface area contributed by atoms with Gasteiger partial charge < -0.3 is 29.5 Å². The molecule has 0 aliphatic carbocycles. The minimum atomic E-state index is -0.567. The third kappa shape index (κ3) is 7.23. The molecule has 3 amide bonds. The first kappa shape index (κ1) is 23.5. The number of hydrogen-bond donors (Lipinski definition) is 2. The number of nitrogens with zero attached hydrogens (tertiary/aromatic N) is 2. The van der Waals surface area contributed by atoms with Gasteiger partial charge in [-0.25, -0.2) is 9.59 Å². The minimum absolute atomic E-state index is 0.0269. The van der Waals surface area contributed by atoms with Crippen molar-refractivity contribution in [3.63, 3.8) is 0 Å². The molecule has 1 aliphatic heterocycles. The third-order valence-electron chi connectivity index (χ3n) is 4.98. The molecule has 1 aromatic rings. The quantitative estimate of drug-likeness (QED) is 0.720. The largest absolute Gasteiger partial charge is 0.444 e. The Kier molecular flexibility index (Phi) is 7.69. The fraction of sp³-hybridized carbons (Fsp3) is 0.700. The number of alkyl carbamates (subject to hydrolysis) is 1. The molecule has 1 aliphatic rings. The average molecular weight is 424 g/mol. The summed E-state index contributed by atoms with van der Waals surface area (Å²) >= 11 is 0. The number of ether oxygens (including phenoxy) is 2. The molecule has 0 bridgehead atoms. The summed E-state index contributed by atoms with van der Waals surface area (Å²) < 4.78 is 15.5. The maximum absolute atomic E-state index is 12.2. The highest BCUT2D eigenvalue weighted by Crippen LogP contribution is 2.34. The number of rotatable bonds is 6. The van der Waals surface area contributed by atoms with Gasteiger partial charge in [-0.2, -0.15) is 0 Å². The molecule has 30 heavy (non-hydrogen) atoms. The highest BCUT2D eigenvalue weighted by atomic mass is 16.6. The Bertz CT molecular complexity index is 747. The van der Waals surface area contributed by atoms with Crippen molar-refractivity contribution < 1.29 is 28.4 Å². The van der Waals surface area contributed by atoms with Gasteiger partial charge in [0, 0.05) is 32.7 Å². The Labute approximate surface area is 176 Å². The second kappa shape index (κ2) is 9.82. The molecule has 0 unspecified atom stereocenters. The maximum atomic E-state index is 12.2. The van der Waals surface area contributed by atoms with Crippen LogP contribution in [0.25, 0.3) is 0 Å². The van der Waals surface area contributed by atoms with E-state index in [0.717, 1.165) is 19.3 Å². The topological polar surface area (TPSA) is 123 Å². The second-order valence-corrected chi connectivity index (χ2v) is 8.79. The van der Waals surface area contributed by atoms with Crippen molar-refractivity contribution in [2.75, 3.05) is 26.7 Å². The summed E-state index contributed by atoms with van der Waals surface area (Å²) in [6.45, 7) is 9.33. The van der Waals surface area contributed by atoms with Gasteiger partial charge >= 0.3 is 12.2 Å². The van der Waals surface area contributed by atoms with Crippen LogP contribution in [0.5, 0.6) is 0 Å². The van der Waals surface area contributed by atoms with Crippen molar-refractivity contribution in [2.24, 2.45) is 5.41 Å². The van der Waals surface area contributed by atoms with Crippen LogP contribution < -0.4 is 10.6 Å². The lowest BCUT2D eigenvalue weighted by atomic mass is 9.77. The van der Waals surface area contributed by atoms with Crippen LogP contribution in [0.4, 0.5) is 9.59 Å². The Balaban J connectivity index is 1.67. The van der Waals surface area contributed by atoms with E-state index < -0.39 is 11.7 Å². The molecule has 1 fully saturated rings. The zero-order valence-corrected chi connectivity index (χ0v) is 18.4. The van der Waals surface area contributed by atoms with Gasteiger partial charge in [-0.05, 0) is 45.4 Å². The molecular weight excluding hydrogens is 392 g/mol. The van der Waals surface area contributed by atoms with E-state index >= 15 is 0 Å². The van der Waals surface area contributed by atoms with Crippen molar-refractivity contribution >= 4 is 18.1 Å². The lowest BCUT2D eigenvalue weighted by Crippen LogP contribution is -2.45. The molecule has 0 radical (unpaired) electrons. The van der Waals surface area contributed by atoms with Crippen molar-refractivity contribution in [1.29, 1.82) is 0 Å². The van der Waals surface area contributed by atoms with Gasteiger partial charge in [-0.1, -0.05) is 12.1 Å². The number of likely N-dealkylation sites (tertiary alicyclic amines) is 1. The van der Waals surface area contributed by atoms with E-state index in [1.165, 1.54) is 13.1 Å². The summed E-state index contributed by atoms with van der Waals surface area (Å²) in [5, 5.41) is 8.75. The second-order valence-electron chi connectivity index (χ2n) is 8.79. The standard InChI is InChI=1S/C20H32N4O6/c1-19(2,3)29-18(27)24-10-7-20(4,8-11-24)6-9-22-17(26)28-13-14-12-15(23-30-14)16(25)21-5/h12H,6-11,13H2,1-5H3,(H,21,25)(H,22,26). The van der Waals surface area contributed by atoms with Crippen LogP contribution in [0.2, 0.25) is 0 Å². The zero-order chi connectivity index (χ0) is 22.4. The van der Waals surface area contributed by atoms with E-state index in [1.807, 2.05) is 20.8 Å². The molecule has 10 heteroatoms. The van der Waals surface area contributed by atoms with Gasteiger partial charge in [0.1, 0.15) is 5.60 Å². The van der Waals surface area contributed by atoms with Gasteiger partial charge in [0.05, 0.1) is 0 Å². The van der Waals surface area contributed by atoms with Crippen LogP contribution in [0.15, 0.2) is 10.6 Å². The van der Waals surface area contributed by atoms with E-state index in [0.29, 0.717) is 19.6 Å². The summed E-state index contributed by atoms with van der Waals surface area (Å²) in [6, 6.07) is 1.42. The van der Waals surface area contributed by atoms with Crippen molar-refractivity contribution in [3.05, 3.63) is 17.5 Å². The Hall–Kier alpha value is -2.78. The fourth-order valence-electron chi connectivity index (χ4n) is 3.08. The number of amides is 3. The van der Waals surface area contributed by atoms with Crippen molar-refractivity contribution in [3.8, 4) is 0 Å². The van der Waals surface area contributed by atoms with E-state index in [-0.39, 0.29) is 35.5 Å². The zero-order valence-electron chi connectivity index (χ0n) is 18.4. The molecule has 2 rings (SSSR count). The minimum Gasteiger partial charge on any atom is -0.444 e. The summed E-state index contributed by atoms with van der Waals surface area (Å²) in [6.07, 6.45) is 1.60. The molecule has 168 valence electrons. The summed E-state index contributed by atoms with van der Waals surface area (Å²) in [4.78, 5) is 37.2. The number of hydrogen-bond acceptors (Lipinski definition) is 7. The van der Waals surface area contributed by atoms with E-state index in [2.05, 4.69) is 22.7 Å². The number of piperidine rings is 1. The highest BCUT2D eigenvalue weighted by molar-refractivity contribution is 5.91. The normalized spacial score (nSPS) is 16.0. The number of nitrogens with one attached hydrogen (secondary N) is 2. The van der Waals surface area contributed by atoms with Crippen molar-refractivity contribution in [2.45, 2.75) is 59.2 Å². The van der Waals surface area contributed by atoms with Crippen LogP contribution in [0.1, 0.15) is 63.2 Å². The molecule has 2 N–H and O–H groups in total. The van der Waals surface area contributed by atoms with Gasteiger partial charge in [-0.3, -0.25) is 4.79 Å². The van der Waals surface area contributed by atoms with E-state index in [9.17, 15) is 14.4 Å². The molecule has 2 heterocycles. The van der Waals surface area contributed by atoms with Gasteiger partial charge in [0.2, 0.25) is 0 Å². The molecule has 0 saturated carbocycles. The number of carbonyl (C=O) groups excluding carboxylic acids is 3. The molecule has 0 atom stereocenters. The first-order valence-electron chi connectivity index (χ1n) is 10.1. The molecule has 0 spiro atoms. The lowest BCUT2D eigenvalue weighted by Gasteiger charge is -2.39. The molecule has 1 saturated heterocycles. The SMILES string of the molecule is CNC(=O)c1cc(COC(=O)NCCC2(C)CCN(C(=O)OC(C)(C)C)CC2)on1. The molecule has 0 aromatic carbocycles. The first-order chi connectivity index (χ1) is 14.0. The summed E-state index contributed by atoms with van der Waals surface area (Å²) in [5.41, 5.74) is -0.348. The average Bonchev–Trinajstić information content (AvgIpc) is 3.14. The Morgan fingerprint density at radius 2 is 1.93 bits per heavy atom. The molecule has 10 nitrogen and oxygen atoms in total. The van der Waals surface area contributed by atoms with Crippen LogP contribution >= 0.6 is 0 Å². The Morgan fingerprint density at radius 3 is 2.53 bits per heavy atom. The van der Waals surface area contributed by atoms with Gasteiger partial charge in [-0.15, -0.1) is 0 Å². The molecular formula is C20H32N4O6. The van der Waals surface area contributed by atoms with Crippen LogP contribution in [0.3, 0.4) is 0 Å². The maximum Gasteiger partial charge on any atom is 0.410 e. The fourth-order valence-corrected chi connectivity index (χ4v) is 3.08. The Morgan fingerprint density at radius 1 is 1.27 bits per heavy atom. The predicted octanol–water partition coefficient (Wildman–Crippen LogP) is 2.69. The predicted molar refractivity (Wildman–Crippen MR) is 108 cm³/mol. The smallest absolute Gasteiger partial charge is 0.410 e. The van der Waals surface area contributed by atoms with Crippen molar-refractivity contribution in [1.82, 2.24) is 20.7 Å². The van der Waals surface area contributed by atoms with Crippen LogP contribution in [-0.2, 0) is 16.1 Å². The van der Waals surface area contributed by atoms with Gasteiger partial charge in [0.25, 0.3) is 5.91 Å². The van der Waals surface area contributed by atoms with Crippen LogP contribution in [0, 0.1) is 5.41 Å². The van der Waals surface area contributed by atoms with E-state index in [4.69, 9.17) is 14.0 Å². The van der Waals surface area contributed by atoms with Crippen LogP contribution in [-0.4, -0.2) is 60.4 Å². The van der Waals surface area contributed by atoms with Gasteiger partial charge in [0.15, 0.2) is 18.1 Å². The first-order valence-corrected chi connectivity index (χ1v) is 10.1. The highest BCUT2D eigenvalue weighted by Gasteiger charge is 2.33. The third-order valence-corrected chi connectivity index (χ3v) is 4.98. The monoisotopic (exact) mass is 424 g/mol. The summed E-state index contributed by atoms with van der Waals surface area (Å²) in [7, 11) is 1.49. The molecule has 1 aromatic heterocycles. The van der Waals surface area contributed by atoms with E-state index in [1.54, 1.807) is 4.90 Å².